The van der Waals surface area contributed by atoms with E-state index in [2.05, 4.69) is 52.8 Å². The molecule has 3 N–H and O–H groups in total. The maximum Gasteiger partial charge on any atom is 0.132 e. The Kier molecular flexibility index (Phi) is 9.55. The van der Waals surface area contributed by atoms with Gasteiger partial charge in [0.05, 0.1) is 28.8 Å². The predicted octanol–water partition coefficient (Wildman–Crippen LogP) is 3.12. The summed E-state index contributed by atoms with van der Waals surface area (Å²) in [4.78, 5) is 0. The van der Waals surface area contributed by atoms with Gasteiger partial charge in [0, 0.05) is 5.41 Å². The molecule has 0 fully saturated rings. The number of alkyl halides is 1. The molecule has 8 nitrogen and oxygen atoms in total. The summed E-state index contributed by atoms with van der Waals surface area (Å²) < 4.78 is 13.8. The molecule has 1 aromatic heterocycles. The molecule has 1 heterocycles. The first kappa shape index (κ1) is 26.7. The Morgan fingerprint density at radius 3 is 2.32 bits per heavy atom. The summed E-state index contributed by atoms with van der Waals surface area (Å²) in [7, 11) is 0. The van der Waals surface area contributed by atoms with Crippen molar-refractivity contribution in [1.82, 2.24) is 15.0 Å². The first-order chi connectivity index (χ1) is 16.2. The lowest BCUT2D eigenvalue weighted by Crippen LogP contribution is -2.24. The molecule has 3 rings (SSSR count). The number of rotatable bonds is 12. The molecule has 184 valence electrons. The molecule has 0 amide bonds. The third-order valence-corrected chi connectivity index (χ3v) is 6.63. The molecule has 0 aliphatic rings. The Labute approximate surface area is 217 Å². The van der Waals surface area contributed by atoms with E-state index in [1.165, 1.54) is 4.68 Å². The van der Waals surface area contributed by atoms with Crippen LogP contribution < -0.4 is 9.47 Å². The number of hydrogen-bond donors (Lipinski definition) is 3. The standard InChI is InChI=1S/C24H29ClIN3O5/c1-24(2,17-5-8-23(22(26)9-17)34-14-19(31)10-25)16-3-6-21(7-4-16)33-15-20(32)12-29-11-18(13-30)27-28-29/h3-9,11,19-20,30-32H,10,12-15H2,1-2H3/t19-,20-/m1/s1. The van der Waals surface area contributed by atoms with Gasteiger partial charge < -0.3 is 24.8 Å². The molecule has 2 atom stereocenters. The van der Waals surface area contributed by atoms with Crippen LogP contribution in [-0.2, 0) is 18.6 Å². The van der Waals surface area contributed by atoms with Crippen LogP contribution in [0.2, 0.25) is 0 Å². The molecular weight excluding hydrogens is 573 g/mol. The van der Waals surface area contributed by atoms with Crippen LogP contribution in [0.4, 0.5) is 0 Å². The van der Waals surface area contributed by atoms with Crippen molar-refractivity contribution in [2.45, 2.75) is 44.6 Å². The van der Waals surface area contributed by atoms with E-state index in [-0.39, 0.29) is 37.7 Å². The first-order valence-electron chi connectivity index (χ1n) is 10.8. The molecular formula is C24H29ClIN3O5. The van der Waals surface area contributed by atoms with E-state index in [0.29, 0.717) is 17.2 Å². The van der Waals surface area contributed by atoms with Crippen LogP contribution in [0.3, 0.4) is 0 Å². The highest BCUT2D eigenvalue weighted by Crippen LogP contribution is 2.35. The smallest absolute Gasteiger partial charge is 0.132 e. The minimum atomic E-state index is -0.766. The highest BCUT2D eigenvalue weighted by atomic mass is 127. The minimum Gasteiger partial charge on any atom is -0.491 e. The van der Waals surface area contributed by atoms with Crippen LogP contribution in [0, 0.1) is 3.57 Å². The van der Waals surface area contributed by atoms with Crippen molar-refractivity contribution in [3.8, 4) is 11.5 Å². The summed E-state index contributed by atoms with van der Waals surface area (Å²) in [5.74, 6) is 1.50. The molecule has 0 bridgehead atoms. The number of benzene rings is 2. The summed E-state index contributed by atoms with van der Waals surface area (Å²) in [6, 6.07) is 13.8. The predicted molar refractivity (Wildman–Crippen MR) is 137 cm³/mol. The first-order valence-corrected chi connectivity index (χ1v) is 12.4. The van der Waals surface area contributed by atoms with Crippen molar-refractivity contribution >= 4 is 34.2 Å². The van der Waals surface area contributed by atoms with E-state index >= 15 is 0 Å². The highest BCUT2D eigenvalue weighted by Gasteiger charge is 2.24. The fourth-order valence-corrected chi connectivity index (χ4v) is 4.09. The average Bonchev–Trinajstić information content (AvgIpc) is 3.29. The summed E-state index contributed by atoms with van der Waals surface area (Å²) in [6.07, 6.45) is 0.123. The summed E-state index contributed by atoms with van der Waals surface area (Å²) in [6.45, 7) is 4.59. The lowest BCUT2D eigenvalue weighted by atomic mass is 9.78. The molecule has 0 unspecified atom stereocenters. The maximum atomic E-state index is 10.2. The second-order valence-electron chi connectivity index (χ2n) is 8.47. The summed E-state index contributed by atoms with van der Waals surface area (Å²) in [5.41, 5.74) is 2.43. The number of halogens is 2. The van der Waals surface area contributed by atoms with Crippen LogP contribution in [-0.4, -0.2) is 61.6 Å². The van der Waals surface area contributed by atoms with Crippen LogP contribution in [0.5, 0.6) is 11.5 Å². The topological polar surface area (TPSA) is 110 Å². The van der Waals surface area contributed by atoms with Gasteiger partial charge in [0.15, 0.2) is 0 Å². The Morgan fingerprint density at radius 1 is 1.03 bits per heavy atom. The minimum absolute atomic E-state index is 0.106. The van der Waals surface area contributed by atoms with Crippen molar-refractivity contribution in [2.75, 3.05) is 19.1 Å². The van der Waals surface area contributed by atoms with Crippen molar-refractivity contribution in [3.05, 3.63) is 69.1 Å². The summed E-state index contributed by atoms with van der Waals surface area (Å²) >= 11 is 7.86. The van der Waals surface area contributed by atoms with E-state index in [4.69, 9.17) is 26.2 Å². The zero-order valence-electron chi connectivity index (χ0n) is 19.1. The second-order valence-corrected chi connectivity index (χ2v) is 9.94. The lowest BCUT2D eigenvalue weighted by molar-refractivity contribution is 0.0888. The van der Waals surface area contributed by atoms with E-state index in [9.17, 15) is 10.2 Å². The molecule has 0 saturated carbocycles. The molecule has 10 heteroatoms. The van der Waals surface area contributed by atoms with Gasteiger partial charge in [-0.2, -0.15) is 0 Å². The second kappa shape index (κ2) is 12.2. The Hall–Kier alpha value is -1.92. The fraction of sp³-hybridized carbons (Fsp3) is 0.417. The number of aliphatic hydroxyl groups is 3. The Bertz CT molecular complexity index is 1060. The van der Waals surface area contributed by atoms with Gasteiger partial charge in [-0.15, -0.1) is 16.7 Å². The number of ether oxygens (including phenoxy) is 2. The normalized spacial score (nSPS) is 13.5. The van der Waals surface area contributed by atoms with Crippen LogP contribution in [0.15, 0.2) is 48.7 Å². The largest absolute Gasteiger partial charge is 0.491 e. The van der Waals surface area contributed by atoms with Crippen LogP contribution in [0.25, 0.3) is 0 Å². The van der Waals surface area contributed by atoms with E-state index < -0.39 is 12.2 Å². The number of aliphatic hydroxyl groups excluding tert-OH is 3. The van der Waals surface area contributed by atoms with Crippen molar-refractivity contribution in [2.24, 2.45) is 0 Å². The van der Waals surface area contributed by atoms with Crippen LogP contribution in [0.1, 0.15) is 30.7 Å². The van der Waals surface area contributed by atoms with E-state index in [1.54, 1.807) is 6.20 Å². The fourth-order valence-electron chi connectivity index (χ4n) is 3.33. The maximum absolute atomic E-state index is 10.2. The third kappa shape index (κ3) is 7.05. The van der Waals surface area contributed by atoms with E-state index in [1.807, 2.05) is 36.4 Å². The van der Waals surface area contributed by atoms with Crippen LogP contribution >= 0.6 is 34.2 Å². The molecule has 2 aromatic carbocycles. The van der Waals surface area contributed by atoms with Gasteiger partial charge in [0.25, 0.3) is 0 Å². The highest BCUT2D eigenvalue weighted by molar-refractivity contribution is 14.1. The van der Waals surface area contributed by atoms with Gasteiger partial charge >= 0.3 is 0 Å². The van der Waals surface area contributed by atoms with Gasteiger partial charge in [0.1, 0.15) is 42.6 Å². The van der Waals surface area contributed by atoms with Gasteiger partial charge in [-0.1, -0.05) is 37.3 Å². The molecule has 0 aliphatic carbocycles. The van der Waals surface area contributed by atoms with Gasteiger partial charge in [-0.05, 0) is 58.0 Å². The third-order valence-electron chi connectivity index (χ3n) is 5.43. The SMILES string of the molecule is CC(C)(c1ccc(OC[C@H](O)Cn2cc(CO)nn2)cc1)c1ccc(OC[C@H](O)CCl)c(I)c1. The summed E-state index contributed by atoms with van der Waals surface area (Å²) in [5, 5.41) is 36.5. The van der Waals surface area contributed by atoms with Gasteiger partial charge in [-0.3, -0.25) is 0 Å². The molecule has 0 radical (unpaired) electrons. The molecule has 0 aliphatic heterocycles. The average molecular weight is 602 g/mol. The molecule has 3 aromatic rings. The van der Waals surface area contributed by atoms with Crippen molar-refractivity contribution in [3.63, 3.8) is 0 Å². The molecule has 0 spiro atoms. The Balaban J connectivity index is 1.59. The van der Waals surface area contributed by atoms with Gasteiger partial charge in [0.2, 0.25) is 0 Å². The van der Waals surface area contributed by atoms with Crippen molar-refractivity contribution < 1.29 is 24.8 Å². The quantitative estimate of drug-likeness (QED) is 0.216. The molecule has 34 heavy (non-hydrogen) atoms. The monoisotopic (exact) mass is 601 g/mol. The lowest BCUT2D eigenvalue weighted by Gasteiger charge is -2.27. The Morgan fingerprint density at radius 2 is 1.71 bits per heavy atom. The number of hydrogen-bond acceptors (Lipinski definition) is 7. The zero-order chi connectivity index (χ0) is 24.7. The van der Waals surface area contributed by atoms with E-state index in [0.717, 1.165) is 14.7 Å². The number of aromatic nitrogens is 3. The van der Waals surface area contributed by atoms with Gasteiger partial charge in [-0.25, -0.2) is 4.68 Å². The zero-order valence-corrected chi connectivity index (χ0v) is 22.0. The van der Waals surface area contributed by atoms with Crippen molar-refractivity contribution in [1.29, 1.82) is 0 Å². The molecule has 0 saturated heterocycles. The number of nitrogens with zero attached hydrogens (tertiary/aromatic N) is 3.